The summed E-state index contributed by atoms with van der Waals surface area (Å²) in [7, 11) is 0. The first-order chi connectivity index (χ1) is 2.41. The number of rotatable bonds is 1. The molecule has 0 N–H and O–H groups in total. The fourth-order valence-electron chi connectivity index (χ4n) is 0.0398. The van der Waals surface area contributed by atoms with Crippen molar-refractivity contribution in [3.8, 4) is 0 Å². The lowest BCUT2D eigenvalue weighted by Crippen LogP contribution is -1.39. The van der Waals surface area contributed by atoms with Crippen molar-refractivity contribution < 1.29 is 0 Å². The van der Waals surface area contributed by atoms with Crippen LogP contribution in [-0.2, 0) is 0 Å². The predicted molar refractivity (Wildman–Crippen MR) is 32.7 cm³/mol. The Hall–Kier alpha value is 0.140. The molecule has 0 unspecified atom stereocenters. The molecular formula is C3H4IN. The van der Waals surface area contributed by atoms with Crippen LogP contribution in [0, 0.1) is 0 Å². The van der Waals surface area contributed by atoms with Crippen LogP contribution < -0.4 is 0 Å². The molecule has 5 heavy (non-hydrogen) atoms. The lowest BCUT2D eigenvalue weighted by atomic mass is 11.1. The van der Waals surface area contributed by atoms with E-state index in [1.54, 1.807) is 4.22 Å². The van der Waals surface area contributed by atoms with Crippen LogP contribution in [0.25, 0.3) is 0 Å². The van der Waals surface area contributed by atoms with Crippen LogP contribution in [0.5, 0.6) is 0 Å². The zero-order valence-corrected chi connectivity index (χ0v) is 4.84. The summed E-state index contributed by atoms with van der Waals surface area (Å²) in [6.07, 6.45) is 1.49. The molecule has 0 aromatic rings. The molecule has 28 valence electrons. The fourth-order valence-corrected chi connectivity index (χ4v) is 0.267. The van der Waals surface area contributed by atoms with Crippen molar-refractivity contribution in [2.75, 3.05) is 0 Å². The van der Waals surface area contributed by atoms with Crippen LogP contribution in [0.3, 0.4) is 0 Å². The van der Waals surface area contributed by atoms with E-state index in [0.717, 1.165) is 0 Å². The molecule has 0 aromatic carbocycles. The smallest absolute Gasteiger partial charge is 0.0650 e. The number of halogens is 1. The quantitative estimate of drug-likeness (QED) is 0.430. The van der Waals surface area contributed by atoms with E-state index in [-0.39, 0.29) is 0 Å². The van der Waals surface area contributed by atoms with Crippen molar-refractivity contribution >= 4 is 26.8 Å². The van der Waals surface area contributed by atoms with E-state index in [9.17, 15) is 0 Å². The summed E-state index contributed by atoms with van der Waals surface area (Å²) in [5.41, 5.74) is 0. The predicted octanol–water partition coefficient (Wildman–Crippen LogP) is 1.59. The van der Waals surface area contributed by atoms with Gasteiger partial charge in [0.05, 0.1) is 4.22 Å². The zero-order chi connectivity index (χ0) is 4.12. The monoisotopic (exact) mass is 181 g/mol. The Balaban J connectivity index is 2.92. The van der Waals surface area contributed by atoms with E-state index < -0.39 is 0 Å². The maximum Gasteiger partial charge on any atom is 0.0650 e. The van der Waals surface area contributed by atoms with Crippen LogP contribution in [0.4, 0.5) is 0 Å². The molecule has 0 atom stereocenters. The van der Waals surface area contributed by atoms with E-state index in [2.05, 4.69) is 11.6 Å². The molecule has 0 fully saturated rings. The first-order valence-corrected chi connectivity index (χ1v) is 2.39. The van der Waals surface area contributed by atoms with E-state index in [1.807, 2.05) is 22.6 Å². The third kappa shape index (κ3) is 4.14. The van der Waals surface area contributed by atoms with Crippen molar-refractivity contribution in [2.24, 2.45) is 4.99 Å². The van der Waals surface area contributed by atoms with Gasteiger partial charge < -0.3 is 0 Å². The Labute approximate surface area is 44.9 Å². The lowest BCUT2D eigenvalue weighted by Gasteiger charge is -1.57. The fraction of sp³-hybridized carbons (Fsp3) is 0. The molecule has 0 aliphatic rings. The minimum Gasteiger partial charge on any atom is -0.259 e. The second-order valence-electron chi connectivity index (χ2n) is 0.429. The van der Waals surface area contributed by atoms with Gasteiger partial charge in [0.25, 0.3) is 0 Å². The van der Waals surface area contributed by atoms with E-state index >= 15 is 0 Å². The van der Waals surface area contributed by atoms with Gasteiger partial charge in [-0.2, -0.15) is 0 Å². The second kappa shape index (κ2) is 4.14. The first-order valence-electron chi connectivity index (χ1n) is 1.14. The molecular weight excluding hydrogens is 177 g/mol. The van der Waals surface area contributed by atoms with Gasteiger partial charge in [0, 0.05) is 6.20 Å². The van der Waals surface area contributed by atoms with Gasteiger partial charge in [-0.05, 0) is 22.6 Å². The topological polar surface area (TPSA) is 12.4 Å². The molecule has 1 nitrogen and oxygen atoms in total. The van der Waals surface area contributed by atoms with Crippen LogP contribution in [-0.4, -0.2) is 4.22 Å². The molecule has 0 aliphatic heterocycles. The number of nitrogens with zero attached hydrogens (tertiary/aromatic N) is 1. The van der Waals surface area contributed by atoms with Crippen LogP contribution in [0.2, 0.25) is 0 Å². The minimum absolute atomic E-state index is 1.49. The van der Waals surface area contributed by atoms with Crippen molar-refractivity contribution in [3.63, 3.8) is 0 Å². The lowest BCUT2D eigenvalue weighted by molar-refractivity contribution is 1.65. The summed E-state index contributed by atoms with van der Waals surface area (Å²) in [6.45, 7) is 3.35. The zero-order valence-electron chi connectivity index (χ0n) is 2.69. The van der Waals surface area contributed by atoms with Crippen molar-refractivity contribution in [2.45, 2.75) is 0 Å². The largest absolute Gasteiger partial charge is 0.259 e. The van der Waals surface area contributed by atoms with Gasteiger partial charge in [-0.15, -0.1) is 0 Å². The Morgan fingerprint density at radius 1 is 1.80 bits per heavy atom. The van der Waals surface area contributed by atoms with Gasteiger partial charge >= 0.3 is 0 Å². The van der Waals surface area contributed by atoms with Crippen LogP contribution >= 0.6 is 22.6 Å². The highest BCUT2D eigenvalue weighted by atomic mass is 127. The first kappa shape index (κ1) is 5.14. The highest BCUT2D eigenvalue weighted by molar-refractivity contribution is 14.1. The van der Waals surface area contributed by atoms with Crippen molar-refractivity contribution in [3.05, 3.63) is 12.8 Å². The molecule has 0 spiro atoms. The van der Waals surface area contributed by atoms with Gasteiger partial charge in [0.1, 0.15) is 0 Å². The highest BCUT2D eigenvalue weighted by Gasteiger charge is 1.42. The maximum atomic E-state index is 3.60. The number of hydrogen-bond acceptors (Lipinski definition) is 1. The summed E-state index contributed by atoms with van der Waals surface area (Å²) in [6, 6.07) is 0. The third-order valence-electron chi connectivity index (χ3n) is 0.162. The average Bonchev–Trinajstić information content (AvgIpc) is 1.41. The van der Waals surface area contributed by atoms with E-state index in [4.69, 9.17) is 0 Å². The Bertz CT molecular complexity index is 48.9. The van der Waals surface area contributed by atoms with E-state index in [0.29, 0.717) is 0 Å². The van der Waals surface area contributed by atoms with E-state index in [1.165, 1.54) is 6.20 Å². The van der Waals surface area contributed by atoms with Gasteiger partial charge in [-0.1, -0.05) is 6.58 Å². The third-order valence-corrected chi connectivity index (χ3v) is 0.483. The normalized spacial score (nSPS) is 9.00. The molecule has 0 rings (SSSR count). The Morgan fingerprint density at radius 3 is 2.40 bits per heavy atom. The molecule has 0 amide bonds. The molecule has 0 aliphatic carbocycles. The standard InChI is InChI=1S/C3H4IN/c1-2-5-3-4/h2-3H,1H2/b5-3-. The van der Waals surface area contributed by atoms with Gasteiger partial charge in [0.2, 0.25) is 0 Å². The molecule has 0 saturated carbocycles. The molecule has 0 radical (unpaired) electrons. The van der Waals surface area contributed by atoms with Gasteiger partial charge in [-0.3, -0.25) is 4.99 Å². The Kier molecular flexibility index (Phi) is 4.26. The summed E-state index contributed by atoms with van der Waals surface area (Å²) >= 11 is 2.02. The Morgan fingerprint density at radius 2 is 2.40 bits per heavy atom. The second-order valence-corrected chi connectivity index (χ2v) is 0.986. The summed E-state index contributed by atoms with van der Waals surface area (Å²) in [4.78, 5) is 3.60. The molecule has 2 heteroatoms. The van der Waals surface area contributed by atoms with Crippen LogP contribution in [0.1, 0.15) is 0 Å². The van der Waals surface area contributed by atoms with Crippen molar-refractivity contribution in [1.29, 1.82) is 0 Å². The number of aliphatic imine (C=N–C) groups is 1. The molecule has 0 saturated heterocycles. The minimum atomic E-state index is 1.49. The van der Waals surface area contributed by atoms with Crippen LogP contribution in [0.15, 0.2) is 17.8 Å². The SMILES string of the molecule is C=C/N=C\I. The summed E-state index contributed by atoms with van der Waals surface area (Å²) in [5.74, 6) is 0. The van der Waals surface area contributed by atoms with Crippen molar-refractivity contribution in [1.82, 2.24) is 0 Å². The van der Waals surface area contributed by atoms with Gasteiger partial charge in [0.15, 0.2) is 0 Å². The maximum absolute atomic E-state index is 3.60. The summed E-state index contributed by atoms with van der Waals surface area (Å²) < 4.78 is 1.66. The molecule has 0 aromatic heterocycles. The molecule has 0 heterocycles. The molecule has 0 bridgehead atoms. The van der Waals surface area contributed by atoms with Gasteiger partial charge in [-0.25, -0.2) is 0 Å². The highest BCUT2D eigenvalue weighted by Crippen LogP contribution is 1.69. The summed E-state index contributed by atoms with van der Waals surface area (Å²) in [5, 5.41) is 0. The number of hydrogen-bond donors (Lipinski definition) is 0. The average molecular weight is 181 g/mol.